The largest absolute Gasteiger partial charge is 0.309 e. The second-order valence-corrected chi connectivity index (χ2v) is 6.58. The van der Waals surface area contributed by atoms with E-state index >= 15 is 0 Å². The van der Waals surface area contributed by atoms with Gasteiger partial charge >= 0.3 is 0 Å². The Kier molecular flexibility index (Phi) is 6.34. The highest BCUT2D eigenvalue weighted by Gasteiger charge is 2.13. The molecule has 2 aromatic rings. The molecule has 1 unspecified atom stereocenters. The van der Waals surface area contributed by atoms with E-state index in [1.807, 2.05) is 11.8 Å². The Hall–Kier alpha value is -1.25. The van der Waals surface area contributed by atoms with Crippen molar-refractivity contribution in [2.45, 2.75) is 38.1 Å². The fourth-order valence-corrected chi connectivity index (χ4v) is 3.35. The monoisotopic (exact) mass is 299 g/mol. The van der Waals surface area contributed by atoms with Gasteiger partial charge in [0.25, 0.3) is 0 Å². The molecular formula is C19H25NS. The molecule has 0 aromatic heterocycles. The quantitative estimate of drug-likeness (QED) is 0.711. The third-order valence-corrected chi connectivity index (χ3v) is 4.75. The molecule has 0 aliphatic rings. The SMILES string of the molecule is CCCNC(CSc1ccc(C)cc1)c1ccccc1C. The summed E-state index contributed by atoms with van der Waals surface area (Å²) in [5.41, 5.74) is 4.11. The zero-order chi connectivity index (χ0) is 15.1. The van der Waals surface area contributed by atoms with Gasteiger partial charge in [-0.25, -0.2) is 0 Å². The fraction of sp³-hybridized carbons (Fsp3) is 0.368. The van der Waals surface area contributed by atoms with Gasteiger partial charge in [-0.1, -0.05) is 48.9 Å². The lowest BCUT2D eigenvalue weighted by Crippen LogP contribution is -2.24. The van der Waals surface area contributed by atoms with Crippen LogP contribution in [0.1, 0.15) is 36.1 Å². The molecule has 112 valence electrons. The summed E-state index contributed by atoms with van der Waals surface area (Å²) in [6.07, 6.45) is 1.16. The number of aryl methyl sites for hydroxylation is 2. The molecule has 0 radical (unpaired) electrons. The minimum Gasteiger partial charge on any atom is -0.309 e. The summed E-state index contributed by atoms with van der Waals surface area (Å²) >= 11 is 1.93. The lowest BCUT2D eigenvalue weighted by molar-refractivity contribution is 0.575. The average Bonchev–Trinajstić information content (AvgIpc) is 2.50. The van der Waals surface area contributed by atoms with E-state index in [2.05, 4.69) is 74.6 Å². The van der Waals surface area contributed by atoms with Crippen molar-refractivity contribution in [2.75, 3.05) is 12.3 Å². The van der Waals surface area contributed by atoms with Gasteiger partial charge in [-0.3, -0.25) is 0 Å². The van der Waals surface area contributed by atoms with Crippen molar-refractivity contribution in [1.29, 1.82) is 0 Å². The number of nitrogens with one attached hydrogen (secondary N) is 1. The maximum absolute atomic E-state index is 3.69. The van der Waals surface area contributed by atoms with Gasteiger partial charge in [-0.15, -0.1) is 11.8 Å². The van der Waals surface area contributed by atoms with Gasteiger partial charge in [0.05, 0.1) is 0 Å². The molecule has 0 aliphatic carbocycles. The Bertz CT molecular complexity index is 548. The zero-order valence-electron chi connectivity index (χ0n) is 13.2. The third-order valence-electron chi connectivity index (χ3n) is 3.64. The first-order valence-electron chi connectivity index (χ1n) is 7.69. The molecular weight excluding hydrogens is 274 g/mol. The molecule has 21 heavy (non-hydrogen) atoms. The van der Waals surface area contributed by atoms with Crippen LogP contribution in [0.2, 0.25) is 0 Å². The molecule has 2 rings (SSSR count). The molecule has 1 nitrogen and oxygen atoms in total. The summed E-state index contributed by atoms with van der Waals surface area (Å²) in [6, 6.07) is 17.9. The van der Waals surface area contributed by atoms with E-state index in [0.29, 0.717) is 6.04 Å². The summed E-state index contributed by atoms with van der Waals surface area (Å²) in [5.74, 6) is 1.06. The Balaban J connectivity index is 2.06. The first kappa shape index (κ1) is 16.1. The minimum absolute atomic E-state index is 0.414. The Morgan fingerprint density at radius 3 is 2.38 bits per heavy atom. The van der Waals surface area contributed by atoms with Gasteiger partial charge in [0.15, 0.2) is 0 Å². The number of rotatable bonds is 7. The maximum atomic E-state index is 3.69. The molecule has 0 bridgehead atoms. The summed E-state index contributed by atoms with van der Waals surface area (Å²) in [5, 5.41) is 3.69. The van der Waals surface area contributed by atoms with Crippen LogP contribution < -0.4 is 5.32 Å². The summed E-state index contributed by atoms with van der Waals surface area (Å²) < 4.78 is 0. The van der Waals surface area contributed by atoms with Crippen LogP contribution in [-0.2, 0) is 0 Å². The van der Waals surface area contributed by atoms with E-state index in [-0.39, 0.29) is 0 Å². The third kappa shape index (κ3) is 4.90. The topological polar surface area (TPSA) is 12.0 Å². The first-order chi connectivity index (χ1) is 10.2. The Morgan fingerprint density at radius 2 is 1.71 bits per heavy atom. The molecule has 0 saturated heterocycles. The predicted molar refractivity (Wildman–Crippen MR) is 94.1 cm³/mol. The van der Waals surface area contributed by atoms with Crippen LogP contribution in [0.5, 0.6) is 0 Å². The van der Waals surface area contributed by atoms with Gasteiger partial charge in [0, 0.05) is 16.7 Å². The van der Waals surface area contributed by atoms with Crippen LogP contribution >= 0.6 is 11.8 Å². The molecule has 0 aliphatic heterocycles. The van der Waals surface area contributed by atoms with Crippen molar-refractivity contribution in [3.63, 3.8) is 0 Å². The zero-order valence-corrected chi connectivity index (χ0v) is 14.0. The standard InChI is InChI=1S/C19H25NS/c1-4-13-20-19(18-8-6-5-7-16(18)3)14-21-17-11-9-15(2)10-12-17/h5-12,19-20H,4,13-14H2,1-3H3. The van der Waals surface area contributed by atoms with Crippen molar-refractivity contribution >= 4 is 11.8 Å². The van der Waals surface area contributed by atoms with E-state index in [1.54, 1.807) is 0 Å². The molecule has 0 heterocycles. The van der Waals surface area contributed by atoms with Crippen LogP contribution in [0.25, 0.3) is 0 Å². The van der Waals surface area contributed by atoms with Gasteiger partial charge in [-0.05, 0) is 50.1 Å². The highest BCUT2D eigenvalue weighted by atomic mass is 32.2. The van der Waals surface area contributed by atoms with Gasteiger partial charge in [0.1, 0.15) is 0 Å². The van der Waals surface area contributed by atoms with Crippen molar-refractivity contribution in [3.05, 3.63) is 65.2 Å². The molecule has 0 fully saturated rings. The summed E-state index contributed by atoms with van der Waals surface area (Å²) in [4.78, 5) is 1.34. The first-order valence-corrected chi connectivity index (χ1v) is 8.67. The van der Waals surface area contributed by atoms with E-state index in [1.165, 1.54) is 21.6 Å². The molecule has 1 N–H and O–H groups in total. The van der Waals surface area contributed by atoms with Crippen LogP contribution in [0, 0.1) is 13.8 Å². The summed E-state index contributed by atoms with van der Waals surface area (Å²) in [7, 11) is 0. The molecule has 0 amide bonds. The van der Waals surface area contributed by atoms with E-state index < -0.39 is 0 Å². The van der Waals surface area contributed by atoms with Crippen LogP contribution in [-0.4, -0.2) is 12.3 Å². The molecule has 2 aromatic carbocycles. The maximum Gasteiger partial charge on any atom is 0.0418 e. The second kappa shape index (κ2) is 8.26. The van der Waals surface area contributed by atoms with E-state index in [9.17, 15) is 0 Å². The predicted octanol–water partition coefficient (Wildman–Crippen LogP) is 5.14. The van der Waals surface area contributed by atoms with Crippen LogP contribution in [0.4, 0.5) is 0 Å². The fourth-order valence-electron chi connectivity index (χ4n) is 2.37. The van der Waals surface area contributed by atoms with Crippen LogP contribution in [0.15, 0.2) is 53.4 Å². The van der Waals surface area contributed by atoms with E-state index in [4.69, 9.17) is 0 Å². The lowest BCUT2D eigenvalue weighted by Gasteiger charge is -2.20. The average molecular weight is 299 g/mol. The smallest absolute Gasteiger partial charge is 0.0418 e. The Labute approximate surface area is 133 Å². The lowest BCUT2D eigenvalue weighted by atomic mass is 10.0. The number of hydrogen-bond acceptors (Lipinski definition) is 2. The highest BCUT2D eigenvalue weighted by molar-refractivity contribution is 7.99. The van der Waals surface area contributed by atoms with Crippen molar-refractivity contribution < 1.29 is 0 Å². The molecule has 0 saturated carbocycles. The van der Waals surface area contributed by atoms with Crippen molar-refractivity contribution in [2.24, 2.45) is 0 Å². The Morgan fingerprint density at radius 1 is 1.00 bits per heavy atom. The summed E-state index contributed by atoms with van der Waals surface area (Å²) in [6.45, 7) is 7.61. The van der Waals surface area contributed by atoms with E-state index in [0.717, 1.165) is 18.7 Å². The van der Waals surface area contributed by atoms with Crippen molar-refractivity contribution in [1.82, 2.24) is 5.32 Å². The molecule has 0 spiro atoms. The number of thioether (sulfide) groups is 1. The van der Waals surface area contributed by atoms with Gasteiger partial charge < -0.3 is 5.32 Å². The van der Waals surface area contributed by atoms with Crippen molar-refractivity contribution in [3.8, 4) is 0 Å². The number of hydrogen-bond donors (Lipinski definition) is 1. The van der Waals surface area contributed by atoms with Gasteiger partial charge in [0.2, 0.25) is 0 Å². The molecule has 2 heteroatoms. The highest BCUT2D eigenvalue weighted by Crippen LogP contribution is 2.26. The normalized spacial score (nSPS) is 12.3. The van der Waals surface area contributed by atoms with Gasteiger partial charge in [-0.2, -0.15) is 0 Å². The number of benzene rings is 2. The van der Waals surface area contributed by atoms with Crippen LogP contribution in [0.3, 0.4) is 0 Å². The molecule has 1 atom stereocenters. The minimum atomic E-state index is 0.414. The second-order valence-electron chi connectivity index (χ2n) is 5.49.